The highest BCUT2D eigenvalue weighted by Crippen LogP contribution is 2.38. The van der Waals surface area contributed by atoms with Gasteiger partial charge in [-0.3, -0.25) is 0 Å². The van der Waals surface area contributed by atoms with Crippen LogP contribution in [0.5, 0.6) is 5.75 Å². The number of phenolic OH excluding ortho intramolecular Hbond substituents is 1. The van der Waals surface area contributed by atoms with Crippen LogP contribution in [-0.2, 0) is 0 Å². The maximum Gasteiger partial charge on any atom is 0.257 e. The summed E-state index contributed by atoms with van der Waals surface area (Å²) in [7, 11) is 0. The molecular weight excluding hydrogens is 192 g/mol. The minimum Gasteiger partial charge on any atom is -0.508 e. The zero-order valence-electron chi connectivity index (χ0n) is 8.05. The van der Waals surface area contributed by atoms with E-state index in [1.807, 2.05) is 0 Å². The summed E-state index contributed by atoms with van der Waals surface area (Å²) in [5.41, 5.74) is 0.840. The van der Waals surface area contributed by atoms with E-state index in [4.69, 9.17) is 9.63 Å². The lowest BCUT2D eigenvalue weighted by atomic mass is 10.2. The fraction of sp³-hybridized carbons (Fsp3) is 0.273. The van der Waals surface area contributed by atoms with Crippen molar-refractivity contribution in [2.24, 2.45) is 0 Å². The minimum absolute atomic E-state index is 0.237. The van der Waals surface area contributed by atoms with Gasteiger partial charge in [-0.15, -0.1) is 0 Å². The third kappa shape index (κ3) is 1.58. The molecule has 1 N–H and O–H groups in total. The molecule has 1 heterocycles. The van der Waals surface area contributed by atoms with E-state index in [0.717, 1.165) is 24.2 Å². The predicted molar refractivity (Wildman–Crippen MR) is 53.4 cm³/mol. The molecule has 0 amide bonds. The molecule has 1 fully saturated rings. The lowest BCUT2D eigenvalue weighted by Crippen LogP contribution is -1.81. The monoisotopic (exact) mass is 202 g/mol. The fourth-order valence-electron chi connectivity index (χ4n) is 1.46. The molecule has 0 bridgehead atoms. The van der Waals surface area contributed by atoms with E-state index in [1.165, 1.54) is 0 Å². The van der Waals surface area contributed by atoms with Crippen molar-refractivity contribution in [3.05, 3.63) is 30.1 Å². The van der Waals surface area contributed by atoms with Crippen molar-refractivity contribution in [1.29, 1.82) is 0 Å². The number of nitrogens with zero attached hydrogens (tertiary/aromatic N) is 2. The third-order valence-corrected chi connectivity index (χ3v) is 2.50. The molecule has 0 unspecified atom stereocenters. The largest absolute Gasteiger partial charge is 0.508 e. The van der Waals surface area contributed by atoms with E-state index in [-0.39, 0.29) is 5.75 Å². The summed E-state index contributed by atoms with van der Waals surface area (Å²) in [6.45, 7) is 0. The molecule has 0 spiro atoms. The van der Waals surface area contributed by atoms with Crippen molar-refractivity contribution in [2.75, 3.05) is 0 Å². The maximum atomic E-state index is 9.14. The van der Waals surface area contributed by atoms with Crippen LogP contribution in [0.25, 0.3) is 11.5 Å². The predicted octanol–water partition coefficient (Wildman–Crippen LogP) is 2.32. The Balaban J connectivity index is 1.93. The average molecular weight is 202 g/mol. The van der Waals surface area contributed by atoms with Crippen LogP contribution in [0.3, 0.4) is 0 Å². The van der Waals surface area contributed by atoms with E-state index in [0.29, 0.717) is 11.8 Å². The Morgan fingerprint density at radius 2 is 1.93 bits per heavy atom. The van der Waals surface area contributed by atoms with Crippen molar-refractivity contribution in [3.8, 4) is 17.2 Å². The zero-order valence-corrected chi connectivity index (χ0v) is 8.05. The summed E-state index contributed by atoms with van der Waals surface area (Å²) in [5.74, 6) is 2.07. The van der Waals surface area contributed by atoms with Gasteiger partial charge in [0.2, 0.25) is 0 Å². The van der Waals surface area contributed by atoms with Crippen molar-refractivity contribution < 1.29 is 9.63 Å². The summed E-state index contributed by atoms with van der Waals surface area (Å²) in [5, 5.41) is 13.1. The normalized spacial score (nSPS) is 15.5. The van der Waals surface area contributed by atoms with Crippen molar-refractivity contribution in [2.45, 2.75) is 18.8 Å². The van der Waals surface area contributed by atoms with Gasteiger partial charge in [-0.25, -0.2) is 0 Å². The third-order valence-electron chi connectivity index (χ3n) is 2.50. The van der Waals surface area contributed by atoms with Gasteiger partial charge in [0, 0.05) is 11.5 Å². The summed E-state index contributed by atoms with van der Waals surface area (Å²) >= 11 is 0. The zero-order chi connectivity index (χ0) is 10.3. The number of phenols is 1. The van der Waals surface area contributed by atoms with E-state index in [2.05, 4.69) is 10.1 Å². The Morgan fingerprint density at radius 1 is 1.20 bits per heavy atom. The highest BCUT2D eigenvalue weighted by Gasteiger charge is 2.28. The van der Waals surface area contributed by atoms with E-state index in [9.17, 15) is 0 Å². The average Bonchev–Trinajstić information content (AvgIpc) is 2.99. The minimum atomic E-state index is 0.237. The molecule has 3 rings (SSSR count). The molecule has 76 valence electrons. The first-order valence-corrected chi connectivity index (χ1v) is 4.96. The van der Waals surface area contributed by atoms with Crippen LogP contribution >= 0.6 is 0 Å². The SMILES string of the molecule is Oc1ccc(-c2nc(C3CC3)no2)cc1. The van der Waals surface area contributed by atoms with Crippen LogP contribution < -0.4 is 0 Å². The van der Waals surface area contributed by atoms with Gasteiger partial charge in [0.15, 0.2) is 5.82 Å². The lowest BCUT2D eigenvalue weighted by Gasteiger charge is -1.93. The smallest absolute Gasteiger partial charge is 0.257 e. The van der Waals surface area contributed by atoms with Crippen LogP contribution in [0.4, 0.5) is 0 Å². The van der Waals surface area contributed by atoms with Crippen LogP contribution in [0.2, 0.25) is 0 Å². The van der Waals surface area contributed by atoms with E-state index >= 15 is 0 Å². The summed E-state index contributed by atoms with van der Waals surface area (Å²) in [4.78, 5) is 4.31. The van der Waals surface area contributed by atoms with E-state index < -0.39 is 0 Å². The van der Waals surface area contributed by atoms with Crippen molar-refractivity contribution >= 4 is 0 Å². The molecule has 1 aliphatic carbocycles. The second kappa shape index (κ2) is 3.08. The van der Waals surface area contributed by atoms with Gasteiger partial charge in [0.25, 0.3) is 5.89 Å². The maximum absolute atomic E-state index is 9.14. The van der Waals surface area contributed by atoms with Gasteiger partial charge in [-0.1, -0.05) is 5.16 Å². The molecular formula is C11H10N2O2. The Hall–Kier alpha value is -1.84. The van der Waals surface area contributed by atoms with Crippen molar-refractivity contribution in [3.63, 3.8) is 0 Å². The number of hydrogen-bond donors (Lipinski definition) is 1. The van der Waals surface area contributed by atoms with Gasteiger partial charge in [0.1, 0.15) is 5.75 Å². The Kier molecular flexibility index (Phi) is 1.74. The molecule has 15 heavy (non-hydrogen) atoms. The second-order valence-corrected chi connectivity index (χ2v) is 3.78. The summed E-state index contributed by atoms with van der Waals surface area (Å²) in [6.07, 6.45) is 2.32. The number of rotatable bonds is 2. The van der Waals surface area contributed by atoms with E-state index in [1.54, 1.807) is 24.3 Å². The molecule has 1 aromatic heterocycles. The quantitative estimate of drug-likeness (QED) is 0.811. The number of aromatic nitrogens is 2. The topological polar surface area (TPSA) is 59.2 Å². The molecule has 0 atom stereocenters. The molecule has 0 aliphatic heterocycles. The Bertz CT molecular complexity index is 472. The lowest BCUT2D eigenvalue weighted by molar-refractivity contribution is 0.422. The molecule has 0 saturated heterocycles. The second-order valence-electron chi connectivity index (χ2n) is 3.78. The van der Waals surface area contributed by atoms with Crippen LogP contribution in [0.15, 0.2) is 28.8 Å². The summed E-state index contributed by atoms with van der Waals surface area (Å²) in [6, 6.07) is 6.74. The van der Waals surface area contributed by atoms with Crippen LogP contribution in [0.1, 0.15) is 24.6 Å². The number of benzene rings is 1. The van der Waals surface area contributed by atoms with Crippen molar-refractivity contribution in [1.82, 2.24) is 10.1 Å². The molecule has 4 nitrogen and oxygen atoms in total. The van der Waals surface area contributed by atoms with Gasteiger partial charge in [-0.2, -0.15) is 4.98 Å². The van der Waals surface area contributed by atoms with Gasteiger partial charge in [-0.05, 0) is 37.1 Å². The Labute approximate surface area is 86.6 Å². The van der Waals surface area contributed by atoms with Gasteiger partial charge >= 0.3 is 0 Å². The number of aromatic hydroxyl groups is 1. The highest BCUT2D eigenvalue weighted by atomic mass is 16.5. The van der Waals surface area contributed by atoms with Gasteiger partial charge < -0.3 is 9.63 Å². The van der Waals surface area contributed by atoms with Gasteiger partial charge in [0.05, 0.1) is 0 Å². The highest BCUT2D eigenvalue weighted by molar-refractivity contribution is 5.54. The number of hydrogen-bond acceptors (Lipinski definition) is 4. The molecule has 1 aliphatic rings. The molecule has 2 aromatic rings. The van der Waals surface area contributed by atoms with Crippen LogP contribution in [-0.4, -0.2) is 15.2 Å². The first-order chi connectivity index (χ1) is 7.33. The molecule has 4 heteroatoms. The first kappa shape index (κ1) is 8.47. The van der Waals surface area contributed by atoms with Crippen LogP contribution in [0, 0.1) is 0 Å². The standard InChI is InChI=1S/C11H10N2O2/c14-9-5-3-8(4-6-9)11-12-10(13-15-11)7-1-2-7/h3-7,14H,1-2H2. The summed E-state index contributed by atoms with van der Waals surface area (Å²) < 4.78 is 5.15. The molecule has 0 radical (unpaired) electrons. The first-order valence-electron chi connectivity index (χ1n) is 4.96. The fourth-order valence-corrected chi connectivity index (χ4v) is 1.46. The Morgan fingerprint density at radius 3 is 2.60 bits per heavy atom. The molecule has 1 saturated carbocycles. The molecule has 1 aromatic carbocycles.